The van der Waals surface area contributed by atoms with E-state index in [4.69, 9.17) is 5.11 Å². The monoisotopic (exact) mass is 313 g/mol. The first kappa shape index (κ1) is 13.0. The Kier molecular flexibility index (Phi) is 3.68. The number of carbonyl (C=O) groups is 2. The molecule has 1 aliphatic rings. The van der Waals surface area contributed by atoms with Crippen molar-refractivity contribution in [1.82, 2.24) is 4.90 Å². The highest BCUT2D eigenvalue weighted by Gasteiger charge is 2.39. The predicted octanol–water partition coefficient (Wildman–Crippen LogP) is 1.11. The van der Waals surface area contributed by atoms with E-state index in [1.807, 2.05) is 0 Å². The summed E-state index contributed by atoms with van der Waals surface area (Å²) in [6.07, 6.45) is -0.697. The lowest BCUT2D eigenvalue weighted by Gasteiger charge is -2.21. The second-order valence-corrected chi connectivity index (χ2v) is 5.13. The van der Waals surface area contributed by atoms with Crippen LogP contribution in [0.15, 0.2) is 28.7 Å². The van der Waals surface area contributed by atoms with Crippen LogP contribution in [0.2, 0.25) is 0 Å². The van der Waals surface area contributed by atoms with E-state index in [1.54, 1.807) is 24.3 Å². The number of amides is 1. The number of carboxylic acids is 1. The van der Waals surface area contributed by atoms with Crippen LogP contribution in [0.1, 0.15) is 16.8 Å². The van der Waals surface area contributed by atoms with Gasteiger partial charge in [0.05, 0.1) is 6.10 Å². The first-order valence-electron chi connectivity index (χ1n) is 5.46. The van der Waals surface area contributed by atoms with Crippen molar-refractivity contribution in [2.45, 2.75) is 18.6 Å². The van der Waals surface area contributed by atoms with Gasteiger partial charge in [-0.1, -0.05) is 22.0 Å². The van der Waals surface area contributed by atoms with Gasteiger partial charge in [-0.25, -0.2) is 4.79 Å². The van der Waals surface area contributed by atoms with Crippen molar-refractivity contribution in [1.29, 1.82) is 0 Å². The van der Waals surface area contributed by atoms with Crippen molar-refractivity contribution in [2.24, 2.45) is 0 Å². The number of hydrogen-bond donors (Lipinski definition) is 2. The molecule has 1 fully saturated rings. The largest absolute Gasteiger partial charge is 0.480 e. The molecule has 2 atom stereocenters. The summed E-state index contributed by atoms with van der Waals surface area (Å²) in [6.45, 7) is 0.0579. The van der Waals surface area contributed by atoms with E-state index >= 15 is 0 Å². The van der Waals surface area contributed by atoms with E-state index in [1.165, 1.54) is 4.90 Å². The Morgan fingerprint density at radius 2 is 2.11 bits per heavy atom. The quantitative estimate of drug-likeness (QED) is 0.857. The average Bonchev–Trinajstić information content (AvgIpc) is 2.70. The molecule has 1 aromatic carbocycles. The van der Waals surface area contributed by atoms with Crippen LogP contribution in [0, 0.1) is 0 Å². The van der Waals surface area contributed by atoms with Gasteiger partial charge in [0.1, 0.15) is 6.04 Å². The molecular formula is C12H12BrNO4. The number of aliphatic hydroxyl groups excluding tert-OH is 1. The summed E-state index contributed by atoms with van der Waals surface area (Å²) in [4.78, 5) is 24.4. The zero-order chi connectivity index (χ0) is 13.3. The van der Waals surface area contributed by atoms with Gasteiger partial charge in [-0.2, -0.15) is 0 Å². The molecule has 1 heterocycles. The predicted molar refractivity (Wildman–Crippen MR) is 67.2 cm³/mol. The van der Waals surface area contributed by atoms with E-state index in [9.17, 15) is 14.7 Å². The molecule has 1 aliphatic heterocycles. The number of aliphatic carboxylic acids is 1. The summed E-state index contributed by atoms with van der Waals surface area (Å²) in [6, 6.07) is 5.79. The summed E-state index contributed by atoms with van der Waals surface area (Å²) < 4.78 is 0.750. The molecular weight excluding hydrogens is 302 g/mol. The topological polar surface area (TPSA) is 77.8 Å². The summed E-state index contributed by atoms with van der Waals surface area (Å²) >= 11 is 3.26. The fourth-order valence-electron chi connectivity index (χ4n) is 2.06. The molecule has 0 aromatic heterocycles. The van der Waals surface area contributed by atoms with E-state index < -0.39 is 18.1 Å². The Bertz CT molecular complexity index is 491. The zero-order valence-electron chi connectivity index (χ0n) is 9.41. The molecule has 96 valence electrons. The van der Waals surface area contributed by atoms with Crippen LogP contribution < -0.4 is 0 Å². The van der Waals surface area contributed by atoms with Gasteiger partial charge in [-0.05, 0) is 18.2 Å². The lowest BCUT2D eigenvalue weighted by molar-refractivity contribution is -0.141. The van der Waals surface area contributed by atoms with Crippen molar-refractivity contribution in [3.8, 4) is 0 Å². The number of hydrogen-bond acceptors (Lipinski definition) is 3. The Balaban J connectivity index is 2.25. The van der Waals surface area contributed by atoms with Gasteiger partial charge in [0.25, 0.3) is 5.91 Å². The molecule has 1 saturated heterocycles. The average molecular weight is 314 g/mol. The maximum absolute atomic E-state index is 12.2. The minimum Gasteiger partial charge on any atom is -0.480 e. The van der Waals surface area contributed by atoms with Gasteiger partial charge in [-0.3, -0.25) is 4.79 Å². The Labute approximate surface area is 112 Å². The van der Waals surface area contributed by atoms with Gasteiger partial charge in [-0.15, -0.1) is 0 Å². The lowest BCUT2D eigenvalue weighted by Crippen LogP contribution is -2.40. The van der Waals surface area contributed by atoms with E-state index in [2.05, 4.69) is 15.9 Å². The van der Waals surface area contributed by atoms with Crippen LogP contribution in [-0.4, -0.2) is 45.7 Å². The van der Waals surface area contributed by atoms with E-state index in [0.29, 0.717) is 5.56 Å². The van der Waals surface area contributed by atoms with Crippen molar-refractivity contribution in [3.05, 3.63) is 34.3 Å². The van der Waals surface area contributed by atoms with E-state index in [0.717, 1.165) is 4.47 Å². The van der Waals surface area contributed by atoms with Gasteiger partial charge in [0.15, 0.2) is 0 Å². The van der Waals surface area contributed by atoms with Crippen LogP contribution in [-0.2, 0) is 4.79 Å². The molecule has 2 N–H and O–H groups in total. The maximum Gasteiger partial charge on any atom is 0.326 e. The zero-order valence-corrected chi connectivity index (χ0v) is 11.0. The molecule has 0 aliphatic carbocycles. The number of nitrogens with zero attached hydrogens (tertiary/aromatic N) is 1. The highest BCUT2D eigenvalue weighted by atomic mass is 79.9. The number of halogens is 1. The highest BCUT2D eigenvalue weighted by molar-refractivity contribution is 9.10. The van der Waals surface area contributed by atoms with Crippen LogP contribution in [0.3, 0.4) is 0 Å². The van der Waals surface area contributed by atoms with Crippen molar-refractivity contribution >= 4 is 27.8 Å². The maximum atomic E-state index is 12.2. The van der Waals surface area contributed by atoms with Crippen LogP contribution in [0.5, 0.6) is 0 Å². The van der Waals surface area contributed by atoms with Crippen molar-refractivity contribution < 1.29 is 19.8 Å². The molecule has 1 aromatic rings. The van der Waals surface area contributed by atoms with Gasteiger partial charge in [0, 0.05) is 23.0 Å². The highest BCUT2D eigenvalue weighted by Crippen LogP contribution is 2.22. The molecule has 2 unspecified atom stereocenters. The smallest absolute Gasteiger partial charge is 0.326 e. The third-order valence-electron chi connectivity index (χ3n) is 2.90. The first-order valence-corrected chi connectivity index (χ1v) is 6.25. The fourth-order valence-corrected chi connectivity index (χ4v) is 2.46. The van der Waals surface area contributed by atoms with Gasteiger partial charge >= 0.3 is 5.97 Å². The number of benzene rings is 1. The molecule has 2 rings (SSSR count). The molecule has 0 bridgehead atoms. The minimum atomic E-state index is -1.09. The third kappa shape index (κ3) is 2.54. The van der Waals surface area contributed by atoms with Crippen molar-refractivity contribution in [3.63, 3.8) is 0 Å². The molecule has 0 spiro atoms. The Morgan fingerprint density at radius 3 is 2.72 bits per heavy atom. The summed E-state index contributed by atoms with van der Waals surface area (Å²) in [5.41, 5.74) is 0.407. The molecule has 0 saturated carbocycles. The summed E-state index contributed by atoms with van der Waals surface area (Å²) in [5, 5.41) is 18.5. The molecule has 5 nitrogen and oxygen atoms in total. The summed E-state index contributed by atoms with van der Waals surface area (Å²) in [5.74, 6) is -1.46. The molecule has 6 heteroatoms. The molecule has 0 radical (unpaired) electrons. The first-order chi connectivity index (χ1) is 8.49. The second kappa shape index (κ2) is 5.07. The number of carboxylic acid groups (broad SMARTS) is 1. The SMILES string of the molecule is O=C(O)C1CC(O)CN1C(=O)c1cccc(Br)c1. The lowest BCUT2D eigenvalue weighted by atomic mass is 10.1. The Hall–Kier alpha value is -1.40. The second-order valence-electron chi connectivity index (χ2n) is 4.21. The number of likely N-dealkylation sites (tertiary alicyclic amines) is 1. The minimum absolute atomic E-state index is 0.0579. The fraction of sp³-hybridized carbons (Fsp3) is 0.333. The van der Waals surface area contributed by atoms with Gasteiger partial charge in [0.2, 0.25) is 0 Å². The van der Waals surface area contributed by atoms with Crippen LogP contribution in [0.25, 0.3) is 0 Å². The number of rotatable bonds is 2. The number of β-amino-alcohol motifs (C(OH)–C–C–N with tert-alkyl or cyclic N) is 1. The van der Waals surface area contributed by atoms with Crippen molar-refractivity contribution in [2.75, 3.05) is 6.54 Å². The number of aliphatic hydroxyl groups is 1. The molecule has 1 amide bonds. The van der Waals surface area contributed by atoms with Crippen LogP contribution in [0.4, 0.5) is 0 Å². The summed E-state index contributed by atoms with van der Waals surface area (Å²) in [7, 11) is 0. The van der Waals surface area contributed by atoms with E-state index in [-0.39, 0.29) is 18.9 Å². The van der Waals surface area contributed by atoms with Crippen LogP contribution >= 0.6 is 15.9 Å². The standard InChI is InChI=1S/C12H12BrNO4/c13-8-3-1-2-7(4-8)11(16)14-6-9(15)5-10(14)12(17)18/h1-4,9-10,15H,5-6H2,(H,17,18). The Morgan fingerprint density at radius 1 is 1.39 bits per heavy atom. The van der Waals surface area contributed by atoms with Gasteiger partial charge < -0.3 is 15.1 Å². The normalized spacial score (nSPS) is 23.1. The molecule has 18 heavy (non-hydrogen) atoms. The third-order valence-corrected chi connectivity index (χ3v) is 3.39. The number of carbonyl (C=O) groups excluding carboxylic acids is 1.